The van der Waals surface area contributed by atoms with Crippen molar-refractivity contribution in [2.24, 2.45) is 0 Å². The summed E-state index contributed by atoms with van der Waals surface area (Å²) in [4.78, 5) is 28.1. The van der Waals surface area contributed by atoms with E-state index in [1.54, 1.807) is 24.3 Å². The lowest BCUT2D eigenvalue weighted by Gasteiger charge is -2.31. The number of hydrogen-bond donors (Lipinski definition) is 1. The Morgan fingerprint density at radius 2 is 1.65 bits per heavy atom. The molecule has 7 heteroatoms. The number of rotatable bonds is 11. The van der Waals surface area contributed by atoms with Crippen molar-refractivity contribution < 1.29 is 18.7 Å². The second kappa shape index (κ2) is 13.1. The number of nitrogens with zero attached hydrogens (tertiary/aromatic N) is 1. The maximum Gasteiger partial charge on any atom is 0.261 e. The molecule has 34 heavy (non-hydrogen) atoms. The molecule has 3 rings (SSSR count). The summed E-state index contributed by atoms with van der Waals surface area (Å²) in [7, 11) is 0. The maximum atomic E-state index is 13.5. The molecule has 0 radical (unpaired) electrons. The Bertz CT molecular complexity index is 1060. The van der Waals surface area contributed by atoms with Crippen molar-refractivity contribution in [3.8, 4) is 5.75 Å². The van der Waals surface area contributed by atoms with Crippen molar-refractivity contribution in [2.75, 3.05) is 13.2 Å². The Balaban J connectivity index is 1.87. The fourth-order valence-electron chi connectivity index (χ4n) is 3.47. The van der Waals surface area contributed by atoms with Gasteiger partial charge in [0, 0.05) is 23.1 Å². The van der Waals surface area contributed by atoms with Crippen molar-refractivity contribution >= 4 is 34.4 Å². The van der Waals surface area contributed by atoms with Crippen molar-refractivity contribution in [3.05, 3.63) is 99.4 Å². The van der Waals surface area contributed by atoms with Gasteiger partial charge in [0.1, 0.15) is 17.6 Å². The lowest BCUT2D eigenvalue weighted by Crippen LogP contribution is -2.51. The van der Waals surface area contributed by atoms with E-state index in [9.17, 15) is 14.0 Å². The van der Waals surface area contributed by atoms with Gasteiger partial charge in [0.25, 0.3) is 5.91 Å². The van der Waals surface area contributed by atoms with Gasteiger partial charge in [0.2, 0.25) is 5.91 Å². The number of carbonyl (C=O) groups is 2. The van der Waals surface area contributed by atoms with Gasteiger partial charge in [-0.05, 0) is 76.5 Å². The van der Waals surface area contributed by atoms with Crippen LogP contribution in [-0.2, 0) is 22.6 Å². The molecule has 0 unspecified atom stereocenters. The molecule has 1 N–H and O–H groups in total. The van der Waals surface area contributed by atoms with Gasteiger partial charge in [-0.3, -0.25) is 9.59 Å². The normalized spacial score (nSPS) is 11.5. The molecule has 0 aliphatic heterocycles. The summed E-state index contributed by atoms with van der Waals surface area (Å²) in [6.45, 7) is 2.44. The van der Waals surface area contributed by atoms with Crippen LogP contribution in [0.1, 0.15) is 24.5 Å². The van der Waals surface area contributed by atoms with Crippen LogP contribution in [0.3, 0.4) is 0 Å². The standard InChI is InChI=1S/C27H28FIN2O3/c1-2-16-30-27(33)25(17-20-6-4-3-5-7-20)31(18-21-8-10-22(28)11-9-21)26(32)19-34-24-14-12-23(29)13-15-24/h3-15,25H,2,16-19H2,1H3,(H,30,33)/t25-/m1/s1. The Morgan fingerprint density at radius 1 is 0.971 bits per heavy atom. The highest BCUT2D eigenvalue weighted by atomic mass is 127. The van der Waals surface area contributed by atoms with E-state index in [1.165, 1.54) is 17.0 Å². The van der Waals surface area contributed by atoms with E-state index in [0.717, 1.165) is 21.1 Å². The number of amides is 2. The van der Waals surface area contributed by atoms with E-state index >= 15 is 0 Å². The molecule has 0 saturated carbocycles. The van der Waals surface area contributed by atoms with E-state index in [2.05, 4.69) is 27.9 Å². The van der Waals surface area contributed by atoms with Crippen LogP contribution >= 0.6 is 22.6 Å². The average molecular weight is 574 g/mol. The van der Waals surface area contributed by atoms with Gasteiger partial charge in [-0.15, -0.1) is 0 Å². The van der Waals surface area contributed by atoms with Crippen LogP contribution in [0, 0.1) is 9.39 Å². The first-order valence-corrected chi connectivity index (χ1v) is 12.3. The highest BCUT2D eigenvalue weighted by molar-refractivity contribution is 14.1. The maximum absolute atomic E-state index is 13.5. The first-order valence-electron chi connectivity index (χ1n) is 11.2. The molecule has 0 fully saturated rings. The Hall–Kier alpha value is -2.94. The Morgan fingerprint density at radius 3 is 2.29 bits per heavy atom. The molecule has 0 aliphatic carbocycles. The highest BCUT2D eigenvalue weighted by Crippen LogP contribution is 2.17. The molecular weight excluding hydrogens is 546 g/mol. The molecule has 1 atom stereocenters. The lowest BCUT2D eigenvalue weighted by molar-refractivity contribution is -0.142. The molecule has 5 nitrogen and oxygen atoms in total. The molecule has 0 bridgehead atoms. The second-order valence-corrected chi connectivity index (χ2v) is 9.13. The average Bonchev–Trinajstić information content (AvgIpc) is 2.86. The first-order chi connectivity index (χ1) is 16.5. The van der Waals surface area contributed by atoms with Crippen LogP contribution in [0.4, 0.5) is 4.39 Å². The summed E-state index contributed by atoms with van der Waals surface area (Å²) >= 11 is 2.20. The third kappa shape index (κ3) is 7.83. The van der Waals surface area contributed by atoms with Gasteiger partial charge in [-0.1, -0.05) is 49.4 Å². The summed E-state index contributed by atoms with van der Waals surface area (Å²) in [6, 6.07) is 22.2. The highest BCUT2D eigenvalue weighted by Gasteiger charge is 2.30. The second-order valence-electron chi connectivity index (χ2n) is 7.89. The Labute approximate surface area is 213 Å². The monoisotopic (exact) mass is 574 g/mol. The molecule has 3 aromatic rings. The number of carbonyl (C=O) groups excluding carboxylic acids is 2. The van der Waals surface area contributed by atoms with Crippen LogP contribution in [0.25, 0.3) is 0 Å². The summed E-state index contributed by atoms with van der Waals surface area (Å²) in [5.74, 6) is -0.332. The summed E-state index contributed by atoms with van der Waals surface area (Å²) in [5, 5.41) is 2.93. The zero-order valence-electron chi connectivity index (χ0n) is 19.0. The minimum absolute atomic E-state index is 0.159. The smallest absolute Gasteiger partial charge is 0.261 e. The van der Waals surface area contributed by atoms with Gasteiger partial charge < -0.3 is 15.0 Å². The summed E-state index contributed by atoms with van der Waals surface area (Å²) in [5.41, 5.74) is 1.67. The predicted octanol–water partition coefficient (Wildman–Crippen LogP) is 4.98. The zero-order valence-corrected chi connectivity index (χ0v) is 21.2. The molecule has 0 aromatic heterocycles. The molecule has 0 spiro atoms. The molecule has 0 saturated heterocycles. The SMILES string of the molecule is CCCNC(=O)[C@@H](Cc1ccccc1)N(Cc1ccc(F)cc1)C(=O)COc1ccc(I)cc1. The quantitative estimate of drug-likeness (QED) is 0.329. The van der Waals surface area contributed by atoms with Crippen LogP contribution in [0.2, 0.25) is 0 Å². The van der Waals surface area contributed by atoms with Gasteiger partial charge in [0.15, 0.2) is 6.61 Å². The van der Waals surface area contributed by atoms with Gasteiger partial charge >= 0.3 is 0 Å². The largest absolute Gasteiger partial charge is 0.484 e. The van der Waals surface area contributed by atoms with Gasteiger partial charge in [0.05, 0.1) is 0 Å². The van der Waals surface area contributed by atoms with E-state index < -0.39 is 6.04 Å². The molecule has 0 aliphatic rings. The van der Waals surface area contributed by atoms with Crippen molar-refractivity contribution in [3.63, 3.8) is 0 Å². The Kier molecular flexibility index (Phi) is 9.88. The molecule has 0 heterocycles. The van der Waals surface area contributed by atoms with E-state index in [-0.39, 0.29) is 30.8 Å². The number of nitrogens with one attached hydrogen (secondary N) is 1. The van der Waals surface area contributed by atoms with Crippen molar-refractivity contribution in [1.29, 1.82) is 0 Å². The summed E-state index contributed by atoms with van der Waals surface area (Å²) in [6.07, 6.45) is 1.14. The van der Waals surface area contributed by atoms with Gasteiger partial charge in [-0.2, -0.15) is 0 Å². The third-order valence-electron chi connectivity index (χ3n) is 5.26. The molecule has 178 valence electrons. The minimum atomic E-state index is -0.744. The lowest BCUT2D eigenvalue weighted by atomic mass is 10.0. The number of benzene rings is 3. The molecule has 3 aromatic carbocycles. The van der Waals surface area contributed by atoms with Crippen LogP contribution in [0.5, 0.6) is 5.75 Å². The minimum Gasteiger partial charge on any atom is -0.484 e. The van der Waals surface area contributed by atoms with E-state index in [0.29, 0.717) is 18.7 Å². The van der Waals surface area contributed by atoms with Crippen LogP contribution < -0.4 is 10.1 Å². The number of halogens is 2. The van der Waals surface area contributed by atoms with Crippen molar-refractivity contribution in [2.45, 2.75) is 32.4 Å². The number of hydrogen-bond acceptors (Lipinski definition) is 3. The molecular formula is C27H28FIN2O3. The molecule has 2 amide bonds. The number of ether oxygens (including phenoxy) is 1. The van der Waals surface area contributed by atoms with Crippen molar-refractivity contribution in [1.82, 2.24) is 10.2 Å². The fraction of sp³-hybridized carbons (Fsp3) is 0.259. The third-order valence-corrected chi connectivity index (χ3v) is 5.98. The van der Waals surface area contributed by atoms with E-state index in [4.69, 9.17) is 4.74 Å². The van der Waals surface area contributed by atoms with Crippen LogP contribution in [0.15, 0.2) is 78.9 Å². The van der Waals surface area contributed by atoms with E-state index in [1.807, 2.05) is 49.4 Å². The summed E-state index contributed by atoms with van der Waals surface area (Å²) < 4.78 is 20.3. The fourth-order valence-corrected chi connectivity index (χ4v) is 3.82. The van der Waals surface area contributed by atoms with Gasteiger partial charge in [-0.25, -0.2) is 4.39 Å². The first kappa shape index (κ1) is 25.7. The topological polar surface area (TPSA) is 58.6 Å². The zero-order chi connectivity index (χ0) is 24.3. The van der Waals surface area contributed by atoms with Crippen LogP contribution in [-0.4, -0.2) is 35.9 Å². The predicted molar refractivity (Wildman–Crippen MR) is 139 cm³/mol.